The maximum Gasteiger partial charge on any atom is 0.335 e. The van der Waals surface area contributed by atoms with Crippen molar-refractivity contribution in [3.05, 3.63) is 0 Å². The Morgan fingerprint density at radius 3 is 1.80 bits per heavy atom. The molecule has 2 saturated heterocycles. The highest BCUT2D eigenvalue weighted by molar-refractivity contribution is 6.83. The Bertz CT molecular complexity index is 444. The Morgan fingerprint density at radius 1 is 0.880 bits per heavy atom. The van der Waals surface area contributed by atoms with Crippen LogP contribution < -0.4 is 0 Å². The smallest absolute Gasteiger partial charge is 0.335 e. The van der Waals surface area contributed by atoms with Crippen LogP contribution in [-0.4, -0.2) is 61.0 Å². The molecule has 0 radical (unpaired) electrons. The molecule has 5 nitrogen and oxygen atoms in total. The Balaban J connectivity index is 2.53. The van der Waals surface area contributed by atoms with Crippen molar-refractivity contribution in [2.75, 3.05) is 6.61 Å². The van der Waals surface area contributed by atoms with Crippen LogP contribution in [0.15, 0.2) is 0 Å². The molecule has 1 N–H and O–H groups in total. The molecular formula is C17H37BO5Si2. The molecule has 2 aliphatic heterocycles. The Kier molecular flexibility index (Phi) is 6.68. The van der Waals surface area contributed by atoms with Gasteiger partial charge < -0.3 is 22.8 Å². The van der Waals surface area contributed by atoms with Gasteiger partial charge in [-0.2, -0.15) is 0 Å². The zero-order valence-electron chi connectivity index (χ0n) is 17.4. The van der Waals surface area contributed by atoms with Crippen LogP contribution in [0.3, 0.4) is 0 Å². The Hall–Kier alpha value is 0.299. The van der Waals surface area contributed by atoms with Crippen LogP contribution >= 0.6 is 0 Å². The van der Waals surface area contributed by atoms with Crippen molar-refractivity contribution in [3.63, 3.8) is 0 Å². The molecule has 25 heavy (non-hydrogen) atoms. The fourth-order valence-electron chi connectivity index (χ4n) is 4.34. The molecular weight excluding hydrogens is 351 g/mol. The third-order valence-electron chi connectivity index (χ3n) is 5.90. The van der Waals surface area contributed by atoms with Crippen molar-refractivity contribution in [1.82, 2.24) is 0 Å². The number of hydrogen-bond donors (Lipinski definition) is 1. The number of fused-ring (bicyclic) bond motifs is 1. The largest absolute Gasteiger partial charge is 0.414 e. The fraction of sp³-hybridized carbons (Fsp3) is 1.00. The van der Waals surface area contributed by atoms with E-state index in [1.54, 1.807) is 0 Å². The highest BCUT2D eigenvalue weighted by Gasteiger charge is 2.61. The minimum atomic E-state index is -2.64. The molecule has 2 fully saturated rings. The van der Waals surface area contributed by atoms with Gasteiger partial charge in [-0.1, -0.05) is 55.4 Å². The lowest BCUT2D eigenvalue weighted by atomic mass is 9.93. The third-order valence-corrected chi connectivity index (χ3v) is 16.2. The number of aliphatic hydroxyl groups excluding tert-OH is 1. The molecule has 8 heteroatoms. The zero-order chi connectivity index (χ0) is 19.2. The minimum absolute atomic E-state index is 0.220. The summed E-state index contributed by atoms with van der Waals surface area (Å²) in [5, 5.41) is 10.6. The number of aliphatic hydroxyl groups is 1. The van der Waals surface area contributed by atoms with Crippen molar-refractivity contribution >= 4 is 25.0 Å². The van der Waals surface area contributed by atoms with E-state index in [1.165, 1.54) is 0 Å². The van der Waals surface area contributed by atoms with E-state index >= 15 is 0 Å². The van der Waals surface area contributed by atoms with Crippen molar-refractivity contribution in [1.29, 1.82) is 0 Å². The highest BCUT2D eigenvalue weighted by Crippen LogP contribution is 2.47. The van der Waals surface area contributed by atoms with E-state index in [1.807, 2.05) is 7.85 Å². The average molecular weight is 388 g/mol. The number of hydrogen-bond acceptors (Lipinski definition) is 5. The van der Waals surface area contributed by atoms with Crippen molar-refractivity contribution in [2.45, 2.75) is 102 Å². The molecule has 0 spiro atoms. The van der Waals surface area contributed by atoms with Crippen molar-refractivity contribution in [3.8, 4) is 0 Å². The van der Waals surface area contributed by atoms with Gasteiger partial charge in [0.15, 0.2) is 0 Å². The summed E-state index contributed by atoms with van der Waals surface area (Å²) >= 11 is 0. The molecule has 146 valence electrons. The van der Waals surface area contributed by atoms with Gasteiger partial charge in [0.25, 0.3) is 0 Å². The molecule has 0 bridgehead atoms. The molecule has 0 aliphatic carbocycles. The summed E-state index contributed by atoms with van der Waals surface area (Å²) in [6.45, 7) is 18.0. The summed E-state index contributed by atoms with van der Waals surface area (Å²) in [5.41, 5.74) is 1.17. The van der Waals surface area contributed by atoms with Crippen LogP contribution in [0.4, 0.5) is 0 Å². The molecule has 0 saturated carbocycles. The van der Waals surface area contributed by atoms with Crippen LogP contribution in [0.5, 0.6) is 0 Å². The van der Waals surface area contributed by atoms with Gasteiger partial charge in [-0.05, 0) is 22.2 Å². The van der Waals surface area contributed by atoms with E-state index in [0.29, 0.717) is 17.7 Å². The van der Waals surface area contributed by atoms with Crippen LogP contribution in [0, 0.1) is 0 Å². The van der Waals surface area contributed by atoms with E-state index in [9.17, 15) is 5.11 Å². The van der Waals surface area contributed by atoms with Crippen LogP contribution in [0.25, 0.3) is 0 Å². The SMILES string of the molecule is B[C@@H]1O[C@@H]2CO[Si](C(C)C)(C(C)C)O[Si](C(C)C)(C(C)C)OC2C1O. The van der Waals surface area contributed by atoms with E-state index in [4.69, 9.17) is 17.7 Å². The predicted molar refractivity (Wildman–Crippen MR) is 107 cm³/mol. The first-order valence-corrected chi connectivity index (χ1v) is 13.8. The van der Waals surface area contributed by atoms with Crippen LogP contribution in [0.1, 0.15) is 55.4 Å². The summed E-state index contributed by atoms with van der Waals surface area (Å²) < 4.78 is 26.4. The molecule has 0 aromatic rings. The standard InChI is InChI=1S/C17H37BO5Si2/c1-10(2)24(11(3)4)20-9-14-16(15(19)17(18)21-14)22-25(23-24,12(5)6)13(7)8/h10-17,19H,9,18H2,1-8H3/t14-,15?,16?,17-/m1/s1. The van der Waals surface area contributed by atoms with Gasteiger partial charge in [0, 0.05) is 0 Å². The summed E-state index contributed by atoms with van der Waals surface area (Å²) in [6.07, 6.45) is -1.21. The summed E-state index contributed by atoms with van der Waals surface area (Å²) in [4.78, 5) is 0. The molecule has 0 aromatic heterocycles. The highest BCUT2D eigenvalue weighted by atomic mass is 28.5. The number of ether oxygens (including phenoxy) is 1. The summed E-state index contributed by atoms with van der Waals surface area (Å²) in [5.74, 6) is 0. The lowest BCUT2D eigenvalue weighted by Crippen LogP contribution is -2.65. The maximum atomic E-state index is 10.6. The maximum absolute atomic E-state index is 10.6. The Morgan fingerprint density at radius 2 is 1.36 bits per heavy atom. The summed E-state index contributed by atoms with van der Waals surface area (Å²) in [6, 6.07) is -0.239. The van der Waals surface area contributed by atoms with Crippen molar-refractivity contribution < 1.29 is 22.8 Å². The van der Waals surface area contributed by atoms with Crippen molar-refractivity contribution in [2.24, 2.45) is 0 Å². The van der Waals surface area contributed by atoms with Gasteiger partial charge in [-0.25, -0.2) is 0 Å². The Labute approximate surface area is 156 Å². The van der Waals surface area contributed by atoms with Gasteiger partial charge in [0.05, 0.1) is 18.7 Å². The lowest BCUT2D eigenvalue weighted by Gasteiger charge is -2.51. The van der Waals surface area contributed by atoms with E-state index in [-0.39, 0.29) is 29.3 Å². The monoisotopic (exact) mass is 388 g/mol. The normalized spacial score (nSPS) is 35.2. The van der Waals surface area contributed by atoms with Gasteiger partial charge >= 0.3 is 17.1 Å². The second kappa shape index (κ2) is 7.73. The quantitative estimate of drug-likeness (QED) is 0.751. The van der Waals surface area contributed by atoms with Crippen LogP contribution in [-0.2, 0) is 17.7 Å². The lowest BCUT2D eigenvalue weighted by molar-refractivity contribution is -0.0318. The third kappa shape index (κ3) is 3.68. The first-order valence-electron chi connectivity index (χ1n) is 9.83. The van der Waals surface area contributed by atoms with Gasteiger partial charge in [-0.15, -0.1) is 0 Å². The minimum Gasteiger partial charge on any atom is -0.414 e. The van der Waals surface area contributed by atoms with Gasteiger partial charge in [0.1, 0.15) is 20.1 Å². The first-order chi connectivity index (χ1) is 11.5. The molecule has 2 unspecified atom stereocenters. The second-order valence-corrected chi connectivity index (χ2v) is 17.8. The fourth-order valence-corrected chi connectivity index (χ4v) is 15.6. The molecule has 2 heterocycles. The molecule has 0 amide bonds. The topological polar surface area (TPSA) is 57.2 Å². The summed E-state index contributed by atoms with van der Waals surface area (Å²) in [7, 11) is -3.25. The first kappa shape index (κ1) is 21.6. The van der Waals surface area contributed by atoms with Crippen LogP contribution in [0.2, 0.25) is 22.2 Å². The predicted octanol–water partition coefficient (Wildman–Crippen LogP) is 2.66. The van der Waals surface area contributed by atoms with Gasteiger partial charge in [-0.3, -0.25) is 0 Å². The average Bonchev–Trinajstić information content (AvgIpc) is 2.73. The molecule has 0 aromatic carbocycles. The molecule has 2 aliphatic rings. The second-order valence-electron chi connectivity index (χ2n) is 8.93. The van der Waals surface area contributed by atoms with Gasteiger partial charge in [0.2, 0.25) is 0 Å². The molecule has 4 atom stereocenters. The van der Waals surface area contributed by atoms with E-state index in [0.717, 1.165) is 0 Å². The van der Waals surface area contributed by atoms with E-state index in [2.05, 4.69) is 55.4 Å². The zero-order valence-corrected chi connectivity index (χ0v) is 19.4. The van der Waals surface area contributed by atoms with E-state index < -0.39 is 23.2 Å². The number of rotatable bonds is 4. The molecule has 2 rings (SSSR count).